The highest BCUT2D eigenvalue weighted by Gasteiger charge is 2.21. The average molecular weight is 290 g/mol. The number of amides is 1. The minimum absolute atomic E-state index is 0.0330. The Hall–Kier alpha value is -1.07. The van der Waals surface area contributed by atoms with Crippen molar-refractivity contribution < 1.29 is 14.3 Å². The van der Waals surface area contributed by atoms with Gasteiger partial charge in [0.05, 0.1) is 11.6 Å². The van der Waals surface area contributed by atoms with Crippen LogP contribution in [0.1, 0.15) is 29.9 Å². The second-order valence-electron chi connectivity index (χ2n) is 3.63. The highest BCUT2D eigenvalue weighted by Crippen LogP contribution is 2.23. The van der Waals surface area contributed by atoms with E-state index in [2.05, 4.69) is 0 Å². The maximum absolute atomic E-state index is 12.2. The lowest BCUT2D eigenvalue weighted by Crippen LogP contribution is -2.36. The van der Waals surface area contributed by atoms with Gasteiger partial charge in [-0.2, -0.15) is 0 Å². The fourth-order valence-electron chi connectivity index (χ4n) is 1.47. The third-order valence-electron chi connectivity index (χ3n) is 2.22. The van der Waals surface area contributed by atoms with Gasteiger partial charge in [0, 0.05) is 6.54 Å². The molecule has 0 aromatic carbocycles. The molecule has 0 bridgehead atoms. The Morgan fingerprint density at radius 2 is 2.17 bits per heavy atom. The summed E-state index contributed by atoms with van der Waals surface area (Å²) in [5.41, 5.74) is 0. The number of rotatable bonds is 6. The molecule has 6 heteroatoms. The van der Waals surface area contributed by atoms with Gasteiger partial charge in [-0.3, -0.25) is 9.59 Å². The summed E-state index contributed by atoms with van der Waals surface area (Å²) in [5.74, 6) is -0.614. The molecule has 1 amide bonds. The molecule has 4 nitrogen and oxygen atoms in total. The van der Waals surface area contributed by atoms with Crippen molar-refractivity contribution >= 4 is 34.8 Å². The van der Waals surface area contributed by atoms with Gasteiger partial charge < -0.3 is 9.64 Å². The molecule has 100 valence electrons. The van der Waals surface area contributed by atoms with Crippen molar-refractivity contribution in [2.45, 2.75) is 20.3 Å². The van der Waals surface area contributed by atoms with Gasteiger partial charge in [-0.1, -0.05) is 18.5 Å². The number of nitrogens with zero attached hydrogens (tertiary/aromatic N) is 1. The minimum Gasteiger partial charge on any atom is -0.465 e. The third kappa shape index (κ3) is 3.99. The van der Waals surface area contributed by atoms with Crippen molar-refractivity contribution in [1.82, 2.24) is 4.90 Å². The predicted molar refractivity (Wildman–Crippen MR) is 72.2 cm³/mol. The fraction of sp³-hybridized carbons (Fsp3) is 0.500. The van der Waals surface area contributed by atoms with E-state index in [1.54, 1.807) is 18.4 Å². The number of halogens is 1. The number of carbonyl (C=O) groups excluding carboxylic acids is 2. The van der Waals surface area contributed by atoms with Crippen molar-refractivity contribution in [1.29, 1.82) is 0 Å². The SMILES string of the molecule is CCCN(CC(=O)OCC)C(=O)c1sccc1Cl. The molecule has 1 aromatic rings. The molecule has 0 fully saturated rings. The minimum atomic E-state index is -0.396. The van der Waals surface area contributed by atoms with E-state index in [0.29, 0.717) is 23.1 Å². The molecule has 0 saturated carbocycles. The molecular formula is C12H16ClNO3S. The molecule has 0 aliphatic carbocycles. The first-order valence-corrected chi connectivity index (χ1v) is 7.03. The van der Waals surface area contributed by atoms with Gasteiger partial charge >= 0.3 is 5.97 Å². The molecule has 0 unspecified atom stereocenters. The van der Waals surface area contributed by atoms with Crippen LogP contribution in [0.4, 0.5) is 0 Å². The van der Waals surface area contributed by atoms with Gasteiger partial charge in [0.2, 0.25) is 0 Å². The van der Waals surface area contributed by atoms with E-state index in [0.717, 1.165) is 6.42 Å². The zero-order valence-corrected chi connectivity index (χ0v) is 12.0. The van der Waals surface area contributed by atoms with E-state index in [1.807, 2.05) is 6.92 Å². The summed E-state index contributed by atoms with van der Waals surface area (Å²) in [6.07, 6.45) is 0.772. The molecular weight excluding hydrogens is 274 g/mol. The van der Waals surface area contributed by atoms with Crippen molar-refractivity contribution in [3.63, 3.8) is 0 Å². The van der Waals surface area contributed by atoms with Crippen molar-refractivity contribution in [3.8, 4) is 0 Å². The molecule has 18 heavy (non-hydrogen) atoms. The Morgan fingerprint density at radius 3 is 2.67 bits per heavy atom. The second-order valence-corrected chi connectivity index (χ2v) is 4.95. The lowest BCUT2D eigenvalue weighted by atomic mass is 10.3. The quantitative estimate of drug-likeness (QED) is 0.757. The number of carbonyl (C=O) groups is 2. The molecule has 0 atom stereocenters. The van der Waals surface area contributed by atoms with Crippen LogP contribution >= 0.6 is 22.9 Å². The first-order chi connectivity index (χ1) is 8.60. The number of thiophene rings is 1. The van der Waals surface area contributed by atoms with E-state index in [1.165, 1.54) is 16.2 Å². The number of esters is 1. The summed E-state index contributed by atoms with van der Waals surface area (Å²) in [6.45, 7) is 4.47. The Bertz CT molecular complexity index is 419. The van der Waals surface area contributed by atoms with Gasteiger partial charge in [0.25, 0.3) is 5.91 Å². The van der Waals surface area contributed by atoms with E-state index in [4.69, 9.17) is 16.3 Å². The molecule has 0 N–H and O–H groups in total. The molecule has 0 aliphatic rings. The van der Waals surface area contributed by atoms with E-state index in [9.17, 15) is 9.59 Å². The molecule has 1 aromatic heterocycles. The topological polar surface area (TPSA) is 46.6 Å². The van der Waals surface area contributed by atoms with Crippen LogP contribution in [0.3, 0.4) is 0 Å². The van der Waals surface area contributed by atoms with Crippen LogP contribution in [0.15, 0.2) is 11.4 Å². The summed E-state index contributed by atoms with van der Waals surface area (Å²) in [5, 5.41) is 2.18. The maximum atomic E-state index is 12.2. The largest absolute Gasteiger partial charge is 0.465 e. The highest BCUT2D eigenvalue weighted by molar-refractivity contribution is 7.12. The van der Waals surface area contributed by atoms with Crippen molar-refractivity contribution in [3.05, 3.63) is 21.3 Å². The third-order valence-corrected chi connectivity index (χ3v) is 3.55. The van der Waals surface area contributed by atoms with E-state index < -0.39 is 5.97 Å². The zero-order valence-electron chi connectivity index (χ0n) is 10.4. The Kier molecular flexibility index (Phi) is 6.15. The monoisotopic (exact) mass is 289 g/mol. The molecule has 0 spiro atoms. The number of ether oxygens (including phenoxy) is 1. The van der Waals surface area contributed by atoms with Crippen LogP contribution in [-0.2, 0) is 9.53 Å². The lowest BCUT2D eigenvalue weighted by molar-refractivity contribution is -0.143. The molecule has 0 aliphatic heterocycles. The van der Waals surface area contributed by atoms with Gasteiger partial charge in [0.15, 0.2) is 0 Å². The van der Waals surface area contributed by atoms with Gasteiger partial charge in [0.1, 0.15) is 11.4 Å². The van der Waals surface area contributed by atoms with E-state index >= 15 is 0 Å². The molecule has 1 rings (SSSR count). The summed E-state index contributed by atoms with van der Waals surface area (Å²) >= 11 is 7.20. The summed E-state index contributed by atoms with van der Waals surface area (Å²) < 4.78 is 4.85. The van der Waals surface area contributed by atoms with Gasteiger partial charge in [-0.25, -0.2) is 0 Å². The smallest absolute Gasteiger partial charge is 0.325 e. The summed E-state index contributed by atoms with van der Waals surface area (Å²) in [7, 11) is 0. The van der Waals surface area contributed by atoms with Crippen LogP contribution in [0.5, 0.6) is 0 Å². The standard InChI is InChI=1S/C12H16ClNO3S/c1-3-6-14(8-10(15)17-4-2)12(16)11-9(13)5-7-18-11/h5,7H,3-4,6,8H2,1-2H3. The normalized spacial score (nSPS) is 10.2. The summed E-state index contributed by atoms with van der Waals surface area (Å²) in [6, 6.07) is 1.67. The van der Waals surface area contributed by atoms with Crippen molar-refractivity contribution in [2.75, 3.05) is 19.7 Å². The lowest BCUT2D eigenvalue weighted by Gasteiger charge is -2.20. The zero-order chi connectivity index (χ0) is 13.5. The van der Waals surface area contributed by atoms with Crippen LogP contribution < -0.4 is 0 Å². The second kappa shape index (κ2) is 7.38. The first-order valence-electron chi connectivity index (χ1n) is 5.78. The molecule has 0 saturated heterocycles. The maximum Gasteiger partial charge on any atom is 0.325 e. The average Bonchev–Trinajstić information content (AvgIpc) is 2.74. The number of hydrogen-bond acceptors (Lipinski definition) is 4. The van der Waals surface area contributed by atoms with Crippen LogP contribution in [0.25, 0.3) is 0 Å². The van der Waals surface area contributed by atoms with Gasteiger partial charge in [-0.15, -0.1) is 11.3 Å². The molecule has 0 radical (unpaired) electrons. The summed E-state index contributed by atoms with van der Waals surface area (Å²) in [4.78, 5) is 25.6. The van der Waals surface area contributed by atoms with Gasteiger partial charge in [-0.05, 0) is 24.8 Å². The predicted octanol–water partition coefficient (Wildman–Crippen LogP) is 2.82. The Labute approximate surface area is 115 Å². The highest BCUT2D eigenvalue weighted by atomic mass is 35.5. The van der Waals surface area contributed by atoms with Crippen LogP contribution in [0, 0.1) is 0 Å². The van der Waals surface area contributed by atoms with E-state index in [-0.39, 0.29) is 12.5 Å². The van der Waals surface area contributed by atoms with Crippen LogP contribution in [0.2, 0.25) is 5.02 Å². The van der Waals surface area contributed by atoms with Crippen molar-refractivity contribution in [2.24, 2.45) is 0 Å². The molecule has 1 heterocycles. The fourth-order valence-corrected chi connectivity index (χ4v) is 2.58. The Balaban J connectivity index is 2.75. The number of hydrogen-bond donors (Lipinski definition) is 0. The Morgan fingerprint density at radius 1 is 1.44 bits per heavy atom. The van der Waals surface area contributed by atoms with Crippen LogP contribution in [-0.4, -0.2) is 36.5 Å². The first kappa shape index (κ1) is 15.0.